The lowest BCUT2D eigenvalue weighted by Crippen LogP contribution is -2.31. The van der Waals surface area contributed by atoms with Gasteiger partial charge in [-0.15, -0.1) is 0 Å². The van der Waals surface area contributed by atoms with Gasteiger partial charge in [-0.3, -0.25) is 0 Å². The Morgan fingerprint density at radius 2 is 0.912 bits per heavy atom. The van der Waals surface area contributed by atoms with E-state index in [9.17, 15) is 0 Å². The monoisotopic (exact) mass is 564 g/mol. The molecule has 0 aliphatic rings. The lowest BCUT2D eigenvalue weighted by Gasteiger charge is -2.12. The first kappa shape index (κ1) is 27.8. The second-order valence-electron chi connectivity index (χ2n) is 8.52. The number of hydrogen-bond donors (Lipinski definition) is 2. The number of aryl methyl sites for hydroxylation is 6. The molecule has 0 aliphatic heterocycles. The van der Waals surface area contributed by atoms with Crippen LogP contribution in [0.1, 0.15) is 33.4 Å². The van der Waals surface area contributed by atoms with Gasteiger partial charge in [0.25, 0.3) is 0 Å². The molecule has 4 rings (SSSR count). The molecule has 0 amide bonds. The summed E-state index contributed by atoms with van der Waals surface area (Å²) in [4.78, 5) is 0. The molecule has 0 aromatic heterocycles. The number of halogens is 1. The fraction of sp³-hybridized carbons (Fsp3) is 0.200. The molecule has 0 spiro atoms. The fourth-order valence-electron chi connectivity index (χ4n) is 3.76. The molecule has 2 N–H and O–H groups in total. The van der Waals surface area contributed by atoms with E-state index >= 15 is 0 Å². The van der Waals surface area contributed by atoms with E-state index in [0.29, 0.717) is 5.46 Å². The van der Waals surface area contributed by atoms with E-state index in [1.54, 1.807) is 12.1 Å². The van der Waals surface area contributed by atoms with E-state index in [2.05, 4.69) is 118 Å². The van der Waals surface area contributed by atoms with Crippen molar-refractivity contribution in [1.29, 1.82) is 0 Å². The summed E-state index contributed by atoms with van der Waals surface area (Å²) in [6.07, 6.45) is 0. The molecule has 0 unspecified atom stereocenters. The number of rotatable bonds is 2. The highest BCUT2D eigenvalue weighted by molar-refractivity contribution is 14.1. The van der Waals surface area contributed by atoms with E-state index in [0.717, 1.165) is 5.56 Å². The third-order valence-electron chi connectivity index (χ3n) is 5.75. The molecule has 0 saturated carbocycles. The molecule has 4 aromatic carbocycles. The van der Waals surface area contributed by atoms with E-state index in [1.165, 1.54) is 42.5 Å². The first-order chi connectivity index (χ1) is 16.1. The highest BCUT2D eigenvalue weighted by atomic mass is 127. The molecule has 34 heavy (non-hydrogen) atoms. The first-order valence-corrected chi connectivity index (χ1v) is 12.5. The van der Waals surface area contributed by atoms with Gasteiger partial charge >= 0.3 is 7.12 Å². The lowest BCUT2D eigenvalue weighted by molar-refractivity contribution is 0.425. The van der Waals surface area contributed by atoms with Crippen LogP contribution in [0.2, 0.25) is 0 Å². The Labute approximate surface area is 219 Å². The van der Waals surface area contributed by atoms with Crippen molar-refractivity contribution >= 4 is 35.2 Å². The van der Waals surface area contributed by atoms with Gasteiger partial charge < -0.3 is 10.0 Å². The molecule has 4 heteroatoms. The normalized spacial score (nSPS) is 9.91. The summed E-state index contributed by atoms with van der Waals surface area (Å²) in [6, 6.07) is 28.6. The molecule has 176 valence electrons. The van der Waals surface area contributed by atoms with Crippen molar-refractivity contribution in [2.45, 2.75) is 41.5 Å². The number of benzene rings is 4. The quantitative estimate of drug-likeness (QED) is 0.206. The standard InChI is InChI=1S/C15H16.C8H9I.C7H9BO2/c1-11-7-4-5-10-14(11)15-12(2)8-6-9-13(15)3;1-6-4-3-5-7(2)8(6)9;1-6-4-2-3-5-7(6)8(9)10/h4-10H,1-3H3;3-5H,1-2H3;2-5,9-10H,1H3. The van der Waals surface area contributed by atoms with Crippen LogP contribution in [0.3, 0.4) is 0 Å². The third kappa shape index (κ3) is 7.83. The molecule has 0 heterocycles. The van der Waals surface area contributed by atoms with Gasteiger partial charge in [-0.25, -0.2) is 0 Å². The van der Waals surface area contributed by atoms with Crippen molar-refractivity contribution < 1.29 is 10.0 Å². The second kappa shape index (κ2) is 13.5. The maximum Gasteiger partial charge on any atom is 0.488 e. The van der Waals surface area contributed by atoms with Crippen LogP contribution in [0.15, 0.2) is 84.9 Å². The molecule has 0 radical (unpaired) electrons. The van der Waals surface area contributed by atoms with Gasteiger partial charge in [0.15, 0.2) is 0 Å². The Morgan fingerprint density at radius 3 is 1.32 bits per heavy atom. The van der Waals surface area contributed by atoms with Crippen molar-refractivity contribution in [2.24, 2.45) is 0 Å². The topological polar surface area (TPSA) is 40.5 Å². The molecule has 0 aliphatic carbocycles. The number of hydrogen-bond acceptors (Lipinski definition) is 2. The molecule has 0 fully saturated rings. The zero-order valence-corrected chi connectivity index (χ0v) is 23.1. The van der Waals surface area contributed by atoms with Crippen LogP contribution in [0.4, 0.5) is 0 Å². The summed E-state index contributed by atoms with van der Waals surface area (Å²) in [5, 5.41) is 17.5. The second-order valence-corrected chi connectivity index (χ2v) is 9.60. The smallest absolute Gasteiger partial charge is 0.423 e. The van der Waals surface area contributed by atoms with Crippen LogP contribution in [-0.2, 0) is 0 Å². The fourth-order valence-corrected chi connectivity index (χ4v) is 4.12. The highest BCUT2D eigenvalue weighted by Gasteiger charge is 2.11. The predicted octanol–water partition coefficient (Wildman–Crippen LogP) is 6.86. The maximum atomic E-state index is 8.76. The zero-order valence-electron chi connectivity index (χ0n) is 20.9. The van der Waals surface area contributed by atoms with Crippen LogP contribution >= 0.6 is 22.6 Å². The van der Waals surface area contributed by atoms with Gasteiger partial charge in [-0.05, 0) is 109 Å². The van der Waals surface area contributed by atoms with Gasteiger partial charge in [0.05, 0.1) is 0 Å². The Kier molecular flexibility index (Phi) is 11.0. The zero-order chi connectivity index (χ0) is 25.3. The maximum absolute atomic E-state index is 8.76. The first-order valence-electron chi connectivity index (χ1n) is 11.4. The summed E-state index contributed by atoms with van der Waals surface area (Å²) in [7, 11) is -1.35. The summed E-state index contributed by atoms with van der Waals surface area (Å²) in [6.45, 7) is 12.6. The van der Waals surface area contributed by atoms with Gasteiger partial charge in [-0.1, -0.05) is 90.5 Å². The average molecular weight is 564 g/mol. The van der Waals surface area contributed by atoms with E-state index in [1.807, 2.05) is 19.1 Å². The van der Waals surface area contributed by atoms with Crippen molar-refractivity contribution in [3.05, 3.63) is 122 Å². The summed E-state index contributed by atoms with van der Waals surface area (Å²) < 4.78 is 1.38. The van der Waals surface area contributed by atoms with E-state index in [-0.39, 0.29) is 0 Å². The Hall–Kier alpha value is -2.41. The molecule has 2 nitrogen and oxygen atoms in total. The van der Waals surface area contributed by atoms with Gasteiger partial charge in [0.1, 0.15) is 0 Å². The van der Waals surface area contributed by atoms with Crippen molar-refractivity contribution in [2.75, 3.05) is 0 Å². The Balaban J connectivity index is 0.000000189. The Bertz CT molecular complexity index is 1180. The van der Waals surface area contributed by atoms with Crippen LogP contribution in [0.5, 0.6) is 0 Å². The lowest BCUT2D eigenvalue weighted by atomic mass is 9.77. The third-order valence-corrected chi connectivity index (χ3v) is 7.45. The minimum Gasteiger partial charge on any atom is -0.423 e. The van der Waals surface area contributed by atoms with Crippen molar-refractivity contribution in [3.63, 3.8) is 0 Å². The van der Waals surface area contributed by atoms with Crippen LogP contribution in [-0.4, -0.2) is 17.2 Å². The SMILES string of the molecule is Cc1cccc(C)c1I.Cc1ccccc1-c1c(C)cccc1C.Cc1ccccc1B(O)O. The summed E-state index contributed by atoms with van der Waals surface area (Å²) >= 11 is 2.37. The Morgan fingerprint density at radius 1 is 0.500 bits per heavy atom. The molecular formula is C30H34BIO2. The van der Waals surface area contributed by atoms with Gasteiger partial charge in [-0.2, -0.15) is 0 Å². The summed E-state index contributed by atoms with van der Waals surface area (Å²) in [5.74, 6) is 0. The largest absolute Gasteiger partial charge is 0.488 e. The van der Waals surface area contributed by atoms with Gasteiger partial charge in [0.2, 0.25) is 0 Å². The molecule has 0 bridgehead atoms. The van der Waals surface area contributed by atoms with Gasteiger partial charge in [0, 0.05) is 3.57 Å². The van der Waals surface area contributed by atoms with Crippen LogP contribution < -0.4 is 5.46 Å². The predicted molar refractivity (Wildman–Crippen MR) is 156 cm³/mol. The molecule has 0 atom stereocenters. The molecular weight excluding hydrogens is 530 g/mol. The van der Waals surface area contributed by atoms with Crippen molar-refractivity contribution in [3.8, 4) is 11.1 Å². The minimum absolute atomic E-state index is 0.572. The van der Waals surface area contributed by atoms with E-state index in [4.69, 9.17) is 10.0 Å². The van der Waals surface area contributed by atoms with Crippen LogP contribution in [0, 0.1) is 45.1 Å². The average Bonchev–Trinajstić information content (AvgIpc) is 2.79. The van der Waals surface area contributed by atoms with E-state index < -0.39 is 7.12 Å². The minimum atomic E-state index is -1.35. The molecule has 0 saturated heterocycles. The molecule has 4 aromatic rings. The van der Waals surface area contributed by atoms with Crippen LogP contribution in [0.25, 0.3) is 11.1 Å². The highest BCUT2D eigenvalue weighted by Crippen LogP contribution is 2.29. The van der Waals surface area contributed by atoms with Crippen molar-refractivity contribution in [1.82, 2.24) is 0 Å². The summed E-state index contributed by atoms with van der Waals surface area (Å²) in [5.41, 5.74) is 11.0.